The van der Waals surface area contributed by atoms with Gasteiger partial charge in [0.2, 0.25) is 17.2 Å². The first-order valence-electron chi connectivity index (χ1n) is 8.90. The molecular formula is C22H15ClO7. The number of fused-ring (bicyclic) bond motifs is 1. The van der Waals surface area contributed by atoms with Crippen molar-refractivity contribution < 1.29 is 33.4 Å². The third kappa shape index (κ3) is 2.63. The fourth-order valence-corrected chi connectivity index (χ4v) is 4.09. The van der Waals surface area contributed by atoms with Gasteiger partial charge in [0.1, 0.15) is 6.10 Å². The van der Waals surface area contributed by atoms with Gasteiger partial charge >= 0.3 is 11.9 Å². The van der Waals surface area contributed by atoms with E-state index in [-0.39, 0.29) is 16.7 Å². The number of esters is 2. The second kappa shape index (κ2) is 7.19. The maximum absolute atomic E-state index is 13.4. The van der Waals surface area contributed by atoms with E-state index in [1.807, 2.05) is 0 Å². The van der Waals surface area contributed by atoms with Crippen molar-refractivity contribution in [3.05, 3.63) is 81.4 Å². The third-order valence-corrected chi connectivity index (χ3v) is 5.42. The molecule has 30 heavy (non-hydrogen) atoms. The maximum Gasteiger partial charge on any atom is 0.338 e. The van der Waals surface area contributed by atoms with Crippen molar-refractivity contribution in [3.63, 3.8) is 0 Å². The molecule has 1 aliphatic carbocycles. The number of halogens is 1. The number of hydrogen-bond acceptors (Lipinski definition) is 7. The topological polar surface area (TPSA) is 96.0 Å². The van der Waals surface area contributed by atoms with Gasteiger partial charge in [0.05, 0.1) is 25.4 Å². The van der Waals surface area contributed by atoms with Crippen LogP contribution in [0.15, 0.2) is 59.7 Å². The molecule has 2 aromatic carbocycles. The monoisotopic (exact) mass is 426 g/mol. The number of ketones is 2. The minimum Gasteiger partial charge on any atom is -0.466 e. The summed E-state index contributed by atoms with van der Waals surface area (Å²) in [5.41, 5.74) is -2.53. The molecule has 0 saturated carbocycles. The Labute approximate surface area is 176 Å². The lowest BCUT2D eigenvalue weighted by atomic mass is 9.86. The van der Waals surface area contributed by atoms with Crippen LogP contribution >= 0.6 is 11.6 Å². The molecule has 1 spiro atoms. The average molecular weight is 427 g/mol. The Hall–Kier alpha value is -3.29. The molecule has 2 aromatic rings. The largest absolute Gasteiger partial charge is 0.466 e. The summed E-state index contributed by atoms with van der Waals surface area (Å²) in [6.45, 7) is 0. The molecule has 0 amide bonds. The summed E-state index contributed by atoms with van der Waals surface area (Å²) >= 11 is 6.08. The van der Waals surface area contributed by atoms with E-state index >= 15 is 0 Å². The molecule has 0 fully saturated rings. The van der Waals surface area contributed by atoms with Crippen LogP contribution in [0.3, 0.4) is 0 Å². The van der Waals surface area contributed by atoms with Gasteiger partial charge in [-0.15, -0.1) is 0 Å². The minimum atomic E-state index is -2.34. The van der Waals surface area contributed by atoms with E-state index in [2.05, 4.69) is 0 Å². The Balaban J connectivity index is 2.02. The van der Waals surface area contributed by atoms with Crippen molar-refractivity contribution >= 4 is 35.1 Å². The molecule has 0 radical (unpaired) electrons. The highest BCUT2D eigenvalue weighted by Gasteiger charge is 2.66. The van der Waals surface area contributed by atoms with Crippen LogP contribution in [-0.2, 0) is 23.8 Å². The maximum atomic E-state index is 13.4. The predicted molar refractivity (Wildman–Crippen MR) is 104 cm³/mol. The van der Waals surface area contributed by atoms with Crippen LogP contribution in [0.1, 0.15) is 32.4 Å². The summed E-state index contributed by atoms with van der Waals surface area (Å²) in [4.78, 5) is 52.3. The Kier molecular flexibility index (Phi) is 4.80. The fraction of sp³-hybridized carbons (Fsp3) is 0.182. The normalized spacial score (nSPS) is 19.2. The highest BCUT2D eigenvalue weighted by Crippen LogP contribution is 2.51. The van der Waals surface area contributed by atoms with Crippen molar-refractivity contribution in [2.75, 3.05) is 14.2 Å². The highest BCUT2D eigenvalue weighted by molar-refractivity contribution is 6.37. The Morgan fingerprint density at radius 3 is 2.07 bits per heavy atom. The molecule has 1 aliphatic heterocycles. The third-order valence-electron chi connectivity index (χ3n) is 5.18. The molecule has 4 rings (SSSR count). The van der Waals surface area contributed by atoms with Gasteiger partial charge in [-0.3, -0.25) is 9.59 Å². The van der Waals surface area contributed by atoms with Crippen LogP contribution < -0.4 is 0 Å². The summed E-state index contributed by atoms with van der Waals surface area (Å²) in [5, 5.41) is 0.341. The molecule has 0 N–H and O–H groups in total. The van der Waals surface area contributed by atoms with Crippen LogP contribution in [0, 0.1) is 0 Å². The van der Waals surface area contributed by atoms with Crippen molar-refractivity contribution in [1.82, 2.24) is 0 Å². The number of carbonyl (C=O) groups is 4. The SMILES string of the molecule is COC(=O)C1=C(C(=O)OC)C2(O[C@@H]1c1cccc(Cl)c1)C(=O)c1ccccc1C2=O. The summed E-state index contributed by atoms with van der Waals surface area (Å²) < 4.78 is 15.7. The molecule has 7 nitrogen and oxygen atoms in total. The van der Waals surface area contributed by atoms with E-state index in [1.165, 1.54) is 18.2 Å². The van der Waals surface area contributed by atoms with E-state index in [0.717, 1.165) is 14.2 Å². The standard InChI is InChI=1S/C22H15ClO7/c1-28-20(26)15-16(21(27)29-2)22(30-17(15)11-6-5-7-12(23)10-11)18(24)13-8-3-4-9-14(13)19(22)25/h3-10,17H,1-2H3/t17-/m1/s1. The Morgan fingerprint density at radius 2 is 1.53 bits per heavy atom. The molecule has 1 heterocycles. The van der Waals surface area contributed by atoms with Gasteiger partial charge in [0.15, 0.2) is 0 Å². The van der Waals surface area contributed by atoms with Gasteiger partial charge in [-0.25, -0.2) is 9.59 Å². The van der Waals surface area contributed by atoms with Crippen LogP contribution in [-0.4, -0.2) is 43.3 Å². The summed E-state index contributed by atoms with van der Waals surface area (Å²) in [6, 6.07) is 12.5. The van der Waals surface area contributed by atoms with Crippen LogP contribution in [0.2, 0.25) is 5.02 Å². The lowest BCUT2D eigenvalue weighted by Gasteiger charge is -2.23. The molecule has 1 atom stereocenters. The zero-order valence-electron chi connectivity index (χ0n) is 15.9. The minimum absolute atomic E-state index is 0.0971. The van der Waals surface area contributed by atoms with Crippen molar-refractivity contribution in [2.45, 2.75) is 11.7 Å². The summed E-state index contributed by atoms with van der Waals surface area (Å²) in [6.07, 6.45) is -1.24. The van der Waals surface area contributed by atoms with E-state index in [1.54, 1.807) is 30.3 Å². The van der Waals surface area contributed by atoms with Gasteiger partial charge in [-0.2, -0.15) is 0 Å². The lowest BCUT2D eigenvalue weighted by molar-refractivity contribution is -0.139. The quantitative estimate of drug-likeness (QED) is 0.550. The van der Waals surface area contributed by atoms with Crippen molar-refractivity contribution in [2.24, 2.45) is 0 Å². The Bertz CT molecular complexity index is 1110. The van der Waals surface area contributed by atoms with E-state index < -0.39 is 40.8 Å². The summed E-state index contributed by atoms with van der Waals surface area (Å²) in [5.74, 6) is -3.44. The predicted octanol–water partition coefficient (Wildman–Crippen LogP) is 2.87. The second-order valence-corrected chi connectivity index (χ2v) is 7.15. The molecular weight excluding hydrogens is 412 g/mol. The molecule has 8 heteroatoms. The van der Waals surface area contributed by atoms with Gasteiger partial charge < -0.3 is 14.2 Å². The zero-order chi connectivity index (χ0) is 21.6. The van der Waals surface area contributed by atoms with Crippen LogP contribution in [0.25, 0.3) is 0 Å². The smallest absolute Gasteiger partial charge is 0.338 e. The van der Waals surface area contributed by atoms with E-state index in [9.17, 15) is 19.2 Å². The van der Waals surface area contributed by atoms with Crippen molar-refractivity contribution in [3.8, 4) is 0 Å². The van der Waals surface area contributed by atoms with Crippen LogP contribution in [0.4, 0.5) is 0 Å². The molecule has 152 valence electrons. The number of benzene rings is 2. The first kappa shape index (κ1) is 20.0. The average Bonchev–Trinajstić information content (AvgIpc) is 3.23. The first-order chi connectivity index (χ1) is 14.4. The van der Waals surface area contributed by atoms with Gasteiger partial charge in [-0.05, 0) is 17.7 Å². The van der Waals surface area contributed by atoms with Crippen molar-refractivity contribution in [1.29, 1.82) is 0 Å². The number of hydrogen-bond donors (Lipinski definition) is 0. The Morgan fingerprint density at radius 1 is 0.933 bits per heavy atom. The highest BCUT2D eigenvalue weighted by atomic mass is 35.5. The second-order valence-electron chi connectivity index (χ2n) is 6.71. The van der Waals surface area contributed by atoms with Crippen LogP contribution in [0.5, 0.6) is 0 Å². The van der Waals surface area contributed by atoms with E-state index in [4.69, 9.17) is 25.8 Å². The number of Topliss-reactive ketones (excluding diaryl/α,β-unsaturated/α-hetero) is 2. The lowest BCUT2D eigenvalue weighted by Crippen LogP contribution is -2.46. The number of ether oxygens (including phenoxy) is 3. The first-order valence-corrected chi connectivity index (χ1v) is 9.27. The van der Waals surface area contributed by atoms with Gasteiger partial charge in [-0.1, -0.05) is 48.0 Å². The molecule has 0 unspecified atom stereocenters. The fourth-order valence-electron chi connectivity index (χ4n) is 3.89. The number of rotatable bonds is 3. The molecule has 0 aromatic heterocycles. The number of carbonyl (C=O) groups excluding carboxylic acids is 4. The summed E-state index contributed by atoms with van der Waals surface area (Å²) in [7, 11) is 2.21. The molecule has 0 bridgehead atoms. The van der Waals surface area contributed by atoms with E-state index in [0.29, 0.717) is 10.6 Å². The zero-order valence-corrected chi connectivity index (χ0v) is 16.7. The van der Waals surface area contributed by atoms with Gasteiger partial charge in [0.25, 0.3) is 0 Å². The van der Waals surface area contributed by atoms with Gasteiger partial charge in [0, 0.05) is 16.1 Å². The number of methoxy groups -OCH3 is 2. The molecule has 2 aliphatic rings. The molecule has 0 saturated heterocycles.